The van der Waals surface area contributed by atoms with Crippen LogP contribution >= 0.6 is 0 Å². The summed E-state index contributed by atoms with van der Waals surface area (Å²) < 4.78 is 14.9. The number of aliphatic hydroxyl groups is 2. The van der Waals surface area contributed by atoms with Gasteiger partial charge in [0, 0.05) is 18.8 Å². The van der Waals surface area contributed by atoms with Crippen molar-refractivity contribution >= 4 is 17.9 Å². The first-order chi connectivity index (χ1) is 17.9. The molecule has 1 unspecified atom stereocenters. The Morgan fingerprint density at radius 2 is 1.59 bits per heavy atom. The molecule has 0 aromatic carbocycles. The fourth-order valence-electron chi connectivity index (χ4n) is 4.07. The summed E-state index contributed by atoms with van der Waals surface area (Å²) in [5.74, 6) is -3.93. The number of hydrogen-bond donors (Lipinski definition) is 2. The molecular formula is C28H41NO8. The predicted molar refractivity (Wildman–Crippen MR) is 136 cm³/mol. The largest absolute Gasteiger partial charge is 0.505 e. The van der Waals surface area contributed by atoms with E-state index in [1.807, 2.05) is 0 Å². The van der Waals surface area contributed by atoms with Gasteiger partial charge in [0.05, 0.1) is 5.56 Å². The van der Waals surface area contributed by atoms with Crippen LogP contribution in [0.2, 0.25) is 0 Å². The van der Waals surface area contributed by atoms with Crippen molar-refractivity contribution in [3.8, 4) is 0 Å². The van der Waals surface area contributed by atoms with Crippen LogP contribution in [-0.2, 0) is 23.8 Å². The molecule has 0 bridgehead atoms. The molecule has 0 aliphatic carbocycles. The minimum Gasteiger partial charge on any atom is -0.505 e. The number of nitrogens with zero attached hydrogens (tertiary/aromatic N) is 1. The van der Waals surface area contributed by atoms with Crippen LogP contribution in [0.1, 0.15) is 107 Å². The Balaban J connectivity index is 1.56. The van der Waals surface area contributed by atoms with Crippen molar-refractivity contribution in [2.24, 2.45) is 0 Å². The molecule has 0 fully saturated rings. The van der Waals surface area contributed by atoms with Crippen molar-refractivity contribution in [1.29, 1.82) is 0 Å². The van der Waals surface area contributed by atoms with E-state index < -0.39 is 48.2 Å². The van der Waals surface area contributed by atoms with E-state index in [2.05, 4.69) is 11.9 Å². The monoisotopic (exact) mass is 519 g/mol. The summed E-state index contributed by atoms with van der Waals surface area (Å²) in [5.41, 5.74) is 0.0710. The van der Waals surface area contributed by atoms with E-state index in [9.17, 15) is 24.6 Å². The lowest BCUT2D eigenvalue weighted by molar-refractivity contribution is -0.154. The van der Waals surface area contributed by atoms with Crippen molar-refractivity contribution in [2.75, 3.05) is 6.61 Å². The van der Waals surface area contributed by atoms with Gasteiger partial charge < -0.3 is 24.4 Å². The maximum Gasteiger partial charge on any atom is 0.378 e. The van der Waals surface area contributed by atoms with Gasteiger partial charge in [-0.2, -0.15) is 0 Å². The van der Waals surface area contributed by atoms with E-state index in [0.29, 0.717) is 6.42 Å². The van der Waals surface area contributed by atoms with Crippen molar-refractivity contribution in [1.82, 2.24) is 4.98 Å². The van der Waals surface area contributed by atoms with Gasteiger partial charge in [-0.3, -0.25) is 9.78 Å². The van der Waals surface area contributed by atoms with Gasteiger partial charge in [-0.1, -0.05) is 84.0 Å². The van der Waals surface area contributed by atoms with E-state index in [-0.39, 0.29) is 12.0 Å². The molecule has 1 aromatic rings. The van der Waals surface area contributed by atoms with Crippen molar-refractivity contribution in [2.45, 2.75) is 109 Å². The third-order valence-electron chi connectivity index (χ3n) is 6.26. The molecule has 0 radical (unpaired) electrons. The molecule has 1 aliphatic heterocycles. The molecule has 0 saturated heterocycles. The molecule has 0 amide bonds. The second kappa shape index (κ2) is 17.5. The highest BCUT2D eigenvalue weighted by Gasteiger charge is 2.42. The minimum atomic E-state index is -1.51. The van der Waals surface area contributed by atoms with Gasteiger partial charge in [-0.15, -0.1) is 0 Å². The lowest BCUT2D eigenvalue weighted by atomic mass is 10.0. The van der Waals surface area contributed by atoms with Crippen LogP contribution in [0.4, 0.5) is 0 Å². The lowest BCUT2D eigenvalue weighted by Crippen LogP contribution is -2.33. The van der Waals surface area contributed by atoms with E-state index in [1.54, 1.807) is 0 Å². The Hall–Kier alpha value is -2.94. The first kappa shape index (κ1) is 30.3. The highest BCUT2D eigenvalue weighted by atomic mass is 16.6. The summed E-state index contributed by atoms with van der Waals surface area (Å²) in [7, 11) is 0. The van der Waals surface area contributed by atoms with Crippen LogP contribution in [0.25, 0.3) is 0 Å². The highest BCUT2D eigenvalue weighted by Crippen LogP contribution is 2.25. The molecule has 1 aromatic heterocycles. The van der Waals surface area contributed by atoms with E-state index in [0.717, 1.165) is 19.3 Å². The van der Waals surface area contributed by atoms with Gasteiger partial charge in [0.15, 0.2) is 11.9 Å². The Kier molecular flexibility index (Phi) is 14.3. The number of carbonyl (C=O) groups is 3. The first-order valence-corrected chi connectivity index (χ1v) is 13.5. The summed E-state index contributed by atoms with van der Waals surface area (Å²) in [6.45, 7) is 1.76. The third kappa shape index (κ3) is 11.3. The number of hydrogen-bond acceptors (Lipinski definition) is 9. The zero-order valence-corrected chi connectivity index (χ0v) is 21.9. The van der Waals surface area contributed by atoms with E-state index in [1.165, 1.54) is 82.3 Å². The molecule has 206 valence electrons. The summed E-state index contributed by atoms with van der Waals surface area (Å²) >= 11 is 0. The first-order valence-electron chi connectivity index (χ1n) is 13.5. The fraction of sp³-hybridized carbons (Fsp3) is 0.643. The molecule has 2 rings (SSSR count). The van der Waals surface area contributed by atoms with Crippen molar-refractivity contribution in [3.63, 3.8) is 0 Å². The third-order valence-corrected chi connectivity index (χ3v) is 6.26. The Bertz CT molecular complexity index is 870. The Morgan fingerprint density at radius 1 is 1.00 bits per heavy atom. The SMILES string of the molecule is CCCCCCCCCCCCCCCC(=O)OC[C@@H](O)C1OC(=O)C(OC(=O)c2cccnc2)=C1O. The average Bonchev–Trinajstić information content (AvgIpc) is 3.18. The number of pyridine rings is 1. The summed E-state index contributed by atoms with van der Waals surface area (Å²) in [6.07, 6.45) is 15.6. The number of rotatable bonds is 19. The standard InChI is InChI=1S/C28H41NO8/c1-2-3-4-5-6-7-8-9-10-11-12-13-14-17-23(31)35-20-22(30)25-24(32)26(28(34)36-25)37-27(33)21-16-15-18-29-19-21/h15-16,18-19,22,25,30,32H,2-14,17,20H2,1H3/t22-,25?/m1/s1. The molecule has 2 N–H and O–H groups in total. The van der Waals surface area contributed by atoms with Gasteiger partial charge in [0.2, 0.25) is 0 Å². The predicted octanol–water partition coefficient (Wildman–Crippen LogP) is 5.32. The van der Waals surface area contributed by atoms with Crippen LogP contribution in [0, 0.1) is 0 Å². The normalized spacial score (nSPS) is 15.9. The van der Waals surface area contributed by atoms with Gasteiger partial charge in [-0.25, -0.2) is 9.59 Å². The minimum absolute atomic E-state index is 0.0710. The van der Waals surface area contributed by atoms with Gasteiger partial charge >= 0.3 is 17.9 Å². The second-order valence-corrected chi connectivity index (χ2v) is 9.41. The molecule has 0 saturated carbocycles. The molecule has 37 heavy (non-hydrogen) atoms. The summed E-state index contributed by atoms with van der Waals surface area (Å²) in [6, 6.07) is 2.94. The van der Waals surface area contributed by atoms with E-state index >= 15 is 0 Å². The van der Waals surface area contributed by atoms with Crippen LogP contribution in [0.3, 0.4) is 0 Å². The van der Waals surface area contributed by atoms with Crippen molar-refractivity contribution in [3.05, 3.63) is 41.6 Å². The molecule has 1 aliphatic rings. The van der Waals surface area contributed by atoms with Crippen molar-refractivity contribution < 1.29 is 38.8 Å². The zero-order chi connectivity index (χ0) is 26.9. The number of aromatic nitrogens is 1. The molecule has 9 nitrogen and oxygen atoms in total. The smallest absolute Gasteiger partial charge is 0.378 e. The van der Waals surface area contributed by atoms with Gasteiger partial charge in [0.25, 0.3) is 5.76 Å². The molecule has 9 heteroatoms. The Labute approximate surface area is 219 Å². The van der Waals surface area contributed by atoms with Gasteiger partial charge in [0.1, 0.15) is 12.7 Å². The highest BCUT2D eigenvalue weighted by molar-refractivity contribution is 5.96. The average molecular weight is 520 g/mol. The second-order valence-electron chi connectivity index (χ2n) is 9.41. The topological polar surface area (TPSA) is 132 Å². The summed E-state index contributed by atoms with van der Waals surface area (Å²) in [4.78, 5) is 39.9. The molecular weight excluding hydrogens is 478 g/mol. The molecule has 0 spiro atoms. The quantitative estimate of drug-likeness (QED) is 0.142. The lowest BCUT2D eigenvalue weighted by Gasteiger charge is -2.17. The number of esters is 3. The Morgan fingerprint density at radius 3 is 2.16 bits per heavy atom. The number of cyclic esters (lactones) is 1. The number of ether oxygens (including phenoxy) is 3. The van der Waals surface area contributed by atoms with Crippen LogP contribution < -0.4 is 0 Å². The summed E-state index contributed by atoms with van der Waals surface area (Å²) in [5, 5.41) is 20.5. The fourth-order valence-corrected chi connectivity index (χ4v) is 4.07. The van der Waals surface area contributed by atoms with Crippen LogP contribution in [0.15, 0.2) is 36.0 Å². The molecule has 2 heterocycles. The maximum absolute atomic E-state index is 12.1. The van der Waals surface area contributed by atoms with E-state index in [4.69, 9.17) is 14.2 Å². The van der Waals surface area contributed by atoms with Crippen LogP contribution in [-0.4, -0.2) is 51.9 Å². The number of aliphatic hydroxyl groups excluding tert-OH is 2. The molecule has 2 atom stereocenters. The number of carbonyl (C=O) groups excluding carboxylic acids is 3. The van der Waals surface area contributed by atoms with Gasteiger partial charge in [-0.05, 0) is 18.6 Å². The van der Waals surface area contributed by atoms with Crippen LogP contribution in [0.5, 0.6) is 0 Å². The maximum atomic E-state index is 12.1. The number of unbranched alkanes of at least 4 members (excludes halogenated alkanes) is 12. The zero-order valence-electron chi connectivity index (χ0n) is 21.9.